The third-order valence-corrected chi connectivity index (χ3v) is 4.63. The average Bonchev–Trinajstić information content (AvgIpc) is 2.32. The normalized spacial score (nSPS) is 27.2. The highest BCUT2D eigenvalue weighted by Crippen LogP contribution is 2.45. The van der Waals surface area contributed by atoms with Gasteiger partial charge in [-0.25, -0.2) is 0 Å². The summed E-state index contributed by atoms with van der Waals surface area (Å²) in [5.74, 6) is 0.960. The predicted molar refractivity (Wildman–Crippen MR) is 74.9 cm³/mol. The lowest BCUT2D eigenvalue weighted by Gasteiger charge is -2.48. The van der Waals surface area contributed by atoms with Crippen LogP contribution in [0, 0.1) is 6.92 Å². The summed E-state index contributed by atoms with van der Waals surface area (Å²) in [5, 5.41) is 10.6. The molecule has 1 fully saturated rings. The standard InChI is InChI=1S/C15H22N2O2/c1-9-5-10-6-11-7-16(2)8-12(17(11)3)13(10)14(18)15(9)19-4/h5,11-12,18H,6-8H2,1-4H3/t11-,12-/m0/s1. The van der Waals surface area contributed by atoms with Crippen LogP contribution in [0.15, 0.2) is 6.07 Å². The lowest BCUT2D eigenvalue weighted by Crippen LogP contribution is -2.55. The monoisotopic (exact) mass is 262 g/mol. The summed E-state index contributed by atoms with van der Waals surface area (Å²) in [6.07, 6.45) is 1.01. The summed E-state index contributed by atoms with van der Waals surface area (Å²) >= 11 is 0. The topological polar surface area (TPSA) is 35.9 Å². The second-order valence-electron chi connectivity index (χ2n) is 5.91. The van der Waals surface area contributed by atoms with Gasteiger partial charge in [-0.3, -0.25) is 4.90 Å². The lowest BCUT2D eigenvalue weighted by molar-refractivity contribution is 0.0444. The minimum atomic E-state index is 0.266. The van der Waals surface area contributed by atoms with Crippen LogP contribution in [0.3, 0.4) is 0 Å². The second kappa shape index (κ2) is 4.39. The number of hydrogen-bond donors (Lipinski definition) is 1. The minimum absolute atomic E-state index is 0.266. The van der Waals surface area contributed by atoms with Gasteiger partial charge in [-0.15, -0.1) is 0 Å². The summed E-state index contributed by atoms with van der Waals surface area (Å²) in [5.41, 5.74) is 3.37. The molecule has 2 atom stereocenters. The molecule has 0 amide bonds. The summed E-state index contributed by atoms with van der Waals surface area (Å²) in [7, 11) is 5.94. The van der Waals surface area contributed by atoms with Crippen LogP contribution in [0.1, 0.15) is 22.7 Å². The van der Waals surface area contributed by atoms with Crippen molar-refractivity contribution in [2.24, 2.45) is 0 Å². The maximum absolute atomic E-state index is 10.6. The molecule has 1 aromatic carbocycles. The molecule has 2 aliphatic heterocycles. The Morgan fingerprint density at radius 1 is 1.32 bits per heavy atom. The average molecular weight is 262 g/mol. The Morgan fingerprint density at radius 3 is 2.74 bits per heavy atom. The van der Waals surface area contributed by atoms with Crippen LogP contribution in [-0.2, 0) is 6.42 Å². The smallest absolute Gasteiger partial charge is 0.163 e. The third kappa shape index (κ3) is 1.82. The van der Waals surface area contributed by atoms with Gasteiger partial charge in [0.2, 0.25) is 0 Å². The molecular formula is C15H22N2O2. The van der Waals surface area contributed by atoms with E-state index in [0.717, 1.165) is 30.6 Å². The number of piperazine rings is 1. The molecule has 1 saturated heterocycles. The van der Waals surface area contributed by atoms with E-state index in [1.165, 1.54) is 5.56 Å². The summed E-state index contributed by atoms with van der Waals surface area (Å²) in [6.45, 7) is 4.05. The Morgan fingerprint density at radius 2 is 2.05 bits per heavy atom. The number of rotatable bonds is 1. The first kappa shape index (κ1) is 12.8. The molecule has 0 aromatic heterocycles. The number of likely N-dealkylation sites (N-methyl/N-ethyl adjacent to an activating group) is 2. The predicted octanol–water partition coefficient (Wildman–Crippen LogP) is 1.55. The van der Waals surface area contributed by atoms with Gasteiger partial charge in [-0.05, 0) is 38.6 Å². The number of phenolic OH excluding ortho intramolecular Hbond substituents is 1. The maximum Gasteiger partial charge on any atom is 0.163 e. The van der Waals surface area contributed by atoms with Crippen molar-refractivity contribution in [3.8, 4) is 11.5 Å². The Bertz CT molecular complexity index is 515. The fourth-order valence-electron chi connectivity index (χ4n) is 3.66. The summed E-state index contributed by atoms with van der Waals surface area (Å²) in [6, 6.07) is 3.00. The van der Waals surface area contributed by atoms with Crippen LogP contribution >= 0.6 is 0 Å². The van der Waals surface area contributed by atoms with Gasteiger partial charge in [0.05, 0.1) is 13.2 Å². The molecule has 4 heteroatoms. The fraction of sp³-hybridized carbons (Fsp3) is 0.600. The molecule has 3 rings (SSSR count). The maximum atomic E-state index is 10.6. The van der Waals surface area contributed by atoms with E-state index in [4.69, 9.17) is 4.74 Å². The number of nitrogens with zero attached hydrogens (tertiary/aromatic N) is 2. The van der Waals surface area contributed by atoms with E-state index < -0.39 is 0 Å². The zero-order valence-corrected chi connectivity index (χ0v) is 12.1. The number of fused-ring (bicyclic) bond motifs is 4. The van der Waals surface area contributed by atoms with Crippen LogP contribution in [0.2, 0.25) is 0 Å². The molecule has 0 spiro atoms. The van der Waals surface area contributed by atoms with Gasteiger partial charge in [-0.1, -0.05) is 6.07 Å². The van der Waals surface area contributed by atoms with Crippen molar-refractivity contribution in [3.63, 3.8) is 0 Å². The van der Waals surface area contributed by atoms with Gasteiger partial charge in [0.25, 0.3) is 0 Å². The molecule has 104 valence electrons. The van der Waals surface area contributed by atoms with Crippen molar-refractivity contribution in [1.82, 2.24) is 9.80 Å². The number of methoxy groups -OCH3 is 1. The molecular weight excluding hydrogens is 240 g/mol. The van der Waals surface area contributed by atoms with Crippen molar-refractivity contribution in [3.05, 3.63) is 22.8 Å². The highest BCUT2D eigenvalue weighted by molar-refractivity contribution is 5.57. The van der Waals surface area contributed by atoms with Crippen molar-refractivity contribution in [1.29, 1.82) is 0 Å². The SMILES string of the molecule is COc1c(C)cc2c(c1O)[C@@H]1CN(C)C[C@H](C2)N1C. The molecule has 2 aliphatic rings. The van der Waals surface area contributed by atoms with Gasteiger partial charge in [0, 0.05) is 24.7 Å². The van der Waals surface area contributed by atoms with Gasteiger partial charge in [-0.2, -0.15) is 0 Å². The number of phenols is 1. The molecule has 4 nitrogen and oxygen atoms in total. The van der Waals surface area contributed by atoms with Crippen molar-refractivity contribution in [2.75, 3.05) is 34.3 Å². The number of ether oxygens (including phenoxy) is 1. The summed E-state index contributed by atoms with van der Waals surface area (Å²) in [4.78, 5) is 4.75. The molecule has 0 unspecified atom stereocenters. The van der Waals surface area contributed by atoms with Crippen LogP contribution in [0.5, 0.6) is 11.5 Å². The molecule has 1 N–H and O–H groups in total. The zero-order chi connectivity index (χ0) is 13.7. The van der Waals surface area contributed by atoms with Crippen molar-refractivity contribution in [2.45, 2.75) is 25.4 Å². The Labute approximate surface area is 114 Å². The van der Waals surface area contributed by atoms with Gasteiger partial charge < -0.3 is 14.7 Å². The Balaban J connectivity index is 2.16. The molecule has 2 heterocycles. The molecule has 19 heavy (non-hydrogen) atoms. The van der Waals surface area contributed by atoms with E-state index in [9.17, 15) is 5.11 Å². The van der Waals surface area contributed by atoms with E-state index >= 15 is 0 Å². The number of benzene rings is 1. The molecule has 1 aromatic rings. The van der Waals surface area contributed by atoms with Gasteiger partial charge in [0.15, 0.2) is 11.5 Å². The first-order valence-corrected chi connectivity index (χ1v) is 6.82. The third-order valence-electron chi connectivity index (χ3n) is 4.63. The molecule has 0 saturated carbocycles. The van der Waals surface area contributed by atoms with Crippen LogP contribution in [0.4, 0.5) is 0 Å². The highest BCUT2D eigenvalue weighted by Gasteiger charge is 2.39. The van der Waals surface area contributed by atoms with E-state index in [2.05, 4.69) is 30.0 Å². The first-order chi connectivity index (χ1) is 9.02. The molecule has 2 bridgehead atoms. The largest absolute Gasteiger partial charge is 0.504 e. The first-order valence-electron chi connectivity index (χ1n) is 6.82. The van der Waals surface area contributed by atoms with E-state index in [0.29, 0.717) is 17.5 Å². The van der Waals surface area contributed by atoms with Crippen LogP contribution < -0.4 is 4.74 Å². The van der Waals surface area contributed by atoms with Gasteiger partial charge in [0.1, 0.15) is 0 Å². The summed E-state index contributed by atoms with van der Waals surface area (Å²) < 4.78 is 5.36. The second-order valence-corrected chi connectivity index (χ2v) is 5.91. The van der Waals surface area contributed by atoms with E-state index in [-0.39, 0.29) is 6.04 Å². The van der Waals surface area contributed by atoms with Gasteiger partial charge >= 0.3 is 0 Å². The quantitative estimate of drug-likeness (QED) is 0.833. The van der Waals surface area contributed by atoms with Crippen molar-refractivity contribution < 1.29 is 9.84 Å². The number of aryl methyl sites for hydroxylation is 1. The Kier molecular flexibility index (Phi) is 2.95. The fourth-order valence-corrected chi connectivity index (χ4v) is 3.66. The Hall–Kier alpha value is -1.26. The van der Waals surface area contributed by atoms with Crippen LogP contribution in [-0.4, -0.2) is 55.2 Å². The van der Waals surface area contributed by atoms with Crippen molar-refractivity contribution >= 4 is 0 Å². The lowest BCUT2D eigenvalue weighted by atomic mass is 9.84. The van der Waals surface area contributed by atoms with Crippen LogP contribution in [0.25, 0.3) is 0 Å². The number of hydrogen-bond acceptors (Lipinski definition) is 4. The number of aromatic hydroxyl groups is 1. The highest BCUT2D eigenvalue weighted by atomic mass is 16.5. The van der Waals surface area contributed by atoms with E-state index in [1.807, 2.05) is 6.92 Å². The minimum Gasteiger partial charge on any atom is -0.504 e. The van der Waals surface area contributed by atoms with E-state index in [1.54, 1.807) is 7.11 Å². The molecule has 0 aliphatic carbocycles. The molecule has 0 radical (unpaired) electrons. The zero-order valence-electron chi connectivity index (χ0n) is 12.1.